The number of aromatic nitrogens is 1. The van der Waals surface area contributed by atoms with E-state index in [1.165, 1.54) is 6.07 Å². The highest BCUT2D eigenvalue weighted by Gasteiger charge is 2.34. The number of halogens is 1. The molecule has 0 saturated carbocycles. The number of nitrogens with zero attached hydrogens (tertiary/aromatic N) is 5. The Bertz CT molecular complexity index is 2350. The van der Waals surface area contributed by atoms with Crippen LogP contribution in [0.15, 0.2) is 57.9 Å². The van der Waals surface area contributed by atoms with Gasteiger partial charge in [0.2, 0.25) is 11.3 Å². The van der Waals surface area contributed by atoms with E-state index in [9.17, 15) is 14.4 Å². The quantitative estimate of drug-likeness (QED) is 0.219. The lowest BCUT2D eigenvalue weighted by atomic mass is 10.0. The highest BCUT2D eigenvalue weighted by Crippen LogP contribution is 2.49. The van der Waals surface area contributed by atoms with Gasteiger partial charge in [0.1, 0.15) is 27.9 Å². The molecule has 2 N–H and O–H groups in total. The van der Waals surface area contributed by atoms with Crippen molar-refractivity contribution in [3.05, 3.63) is 70.3 Å². The van der Waals surface area contributed by atoms with E-state index < -0.39 is 17.2 Å². The van der Waals surface area contributed by atoms with Gasteiger partial charge in [-0.15, -0.1) is 0 Å². The van der Waals surface area contributed by atoms with E-state index in [4.69, 9.17) is 9.15 Å². The normalized spacial score (nSPS) is 20.5. The van der Waals surface area contributed by atoms with Crippen LogP contribution in [0.3, 0.4) is 0 Å². The lowest BCUT2D eigenvalue weighted by Gasteiger charge is -2.32. The summed E-state index contributed by atoms with van der Waals surface area (Å²) >= 11 is 0. The van der Waals surface area contributed by atoms with Crippen molar-refractivity contribution in [1.29, 1.82) is 0 Å². The molecule has 3 fully saturated rings. The van der Waals surface area contributed by atoms with Crippen molar-refractivity contribution in [2.24, 2.45) is 0 Å². The number of hydrogen-bond donors (Lipinski definition) is 2. The minimum Gasteiger partial charge on any atom is -0.456 e. The number of para-hydroxylation sites is 1. The molecule has 0 spiro atoms. The summed E-state index contributed by atoms with van der Waals surface area (Å²) in [5.41, 5.74) is 1.88. The molecular formula is C41H46FN7O5. The van der Waals surface area contributed by atoms with Crippen LogP contribution in [0.2, 0.25) is 0 Å². The van der Waals surface area contributed by atoms with Gasteiger partial charge in [-0.1, -0.05) is 18.2 Å². The number of fused-ring (bicyclic) bond motifs is 5. The maximum absolute atomic E-state index is 16.5. The standard InChI is InChI=1S/C41H46FN7O5/c1-45-16-18-47(19-17-45)14-11-36(50)44-25-10-15-48(23-25)38-31(42)20-29-37-40(38)54-35-21-28-27-7-3-4-8-33(27)53-34(28)22-32(35)49(37)24-30(39(29)51)41(52)43-12-9-26-6-5-13-46(26)2/h3-4,7-8,20-22,24-26H,5-6,9-19,23H2,1-2H3,(H,43,52)(H,44,50)/t25-,26?/m1/s1. The molecule has 0 radical (unpaired) electrons. The van der Waals surface area contributed by atoms with Crippen molar-refractivity contribution in [3.63, 3.8) is 0 Å². The van der Waals surface area contributed by atoms with Crippen molar-refractivity contribution in [2.75, 3.05) is 77.9 Å². The predicted octanol–water partition coefficient (Wildman–Crippen LogP) is 4.68. The molecule has 3 saturated heterocycles. The summed E-state index contributed by atoms with van der Waals surface area (Å²) in [6, 6.07) is 12.9. The summed E-state index contributed by atoms with van der Waals surface area (Å²) in [7, 11) is 4.20. The van der Waals surface area contributed by atoms with Crippen molar-refractivity contribution in [3.8, 4) is 17.2 Å². The Morgan fingerprint density at radius 1 is 0.944 bits per heavy atom. The fourth-order valence-corrected chi connectivity index (χ4v) is 8.78. The zero-order valence-electron chi connectivity index (χ0n) is 30.8. The number of anilines is 1. The Hall–Kier alpha value is -4.98. The Morgan fingerprint density at radius 3 is 2.59 bits per heavy atom. The van der Waals surface area contributed by atoms with Gasteiger partial charge >= 0.3 is 0 Å². The van der Waals surface area contributed by atoms with Crippen molar-refractivity contribution < 1.29 is 23.1 Å². The maximum atomic E-state index is 16.5. The first-order chi connectivity index (χ1) is 26.2. The van der Waals surface area contributed by atoms with Crippen LogP contribution in [-0.2, 0) is 4.79 Å². The van der Waals surface area contributed by atoms with Gasteiger partial charge in [-0.3, -0.25) is 14.4 Å². The van der Waals surface area contributed by atoms with E-state index in [0.717, 1.165) is 62.8 Å². The Labute approximate surface area is 312 Å². The SMILES string of the molecule is CN1CCN(CCC(=O)N[C@@H]2CCN(c3c(F)cc4c(=O)c(C(=O)NCCC5CCCN5C)cn5c4c3Oc3cc4c(cc3-5)oc3ccccc34)C2)CC1. The molecule has 0 aliphatic carbocycles. The van der Waals surface area contributed by atoms with E-state index >= 15 is 4.39 Å². The molecule has 6 heterocycles. The number of rotatable bonds is 9. The second-order valence-electron chi connectivity index (χ2n) is 15.4. The van der Waals surface area contributed by atoms with Crippen LogP contribution >= 0.6 is 0 Å². The zero-order valence-corrected chi connectivity index (χ0v) is 30.8. The average molecular weight is 736 g/mol. The van der Waals surface area contributed by atoms with E-state index in [1.54, 1.807) is 10.8 Å². The number of amides is 2. The van der Waals surface area contributed by atoms with Gasteiger partial charge in [-0.2, -0.15) is 0 Å². The lowest BCUT2D eigenvalue weighted by molar-refractivity contribution is -0.122. The number of furan rings is 1. The van der Waals surface area contributed by atoms with Gasteiger partial charge < -0.3 is 44.0 Å². The first-order valence-electron chi connectivity index (χ1n) is 19.2. The molecule has 9 rings (SSSR count). The molecule has 13 heteroatoms. The highest BCUT2D eigenvalue weighted by molar-refractivity contribution is 6.07. The van der Waals surface area contributed by atoms with Crippen molar-refractivity contribution in [2.45, 2.75) is 44.2 Å². The summed E-state index contributed by atoms with van der Waals surface area (Å²) in [6.07, 6.45) is 5.58. The maximum Gasteiger partial charge on any atom is 0.256 e. The molecule has 2 aromatic heterocycles. The molecule has 5 aromatic rings. The fraction of sp³-hybridized carbons (Fsp3) is 0.439. The molecule has 0 bridgehead atoms. The smallest absolute Gasteiger partial charge is 0.256 e. The van der Waals surface area contributed by atoms with Crippen LogP contribution < -0.4 is 25.7 Å². The molecule has 1 unspecified atom stereocenters. The number of nitrogens with one attached hydrogen (secondary N) is 2. The Kier molecular flexibility index (Phi) is 9.03. The van der Waals surface area contributed by atoms with Crippen LogP contribution in [0, 0.1) is 5.82 Å². The van der Waals surface area contributed by atoms with E-state index in [0.29, 0.717) is 73.2 Å². The number of carbonyl (C=O) groups excluding carboxylic acids is 2. The molecule has 3 aromatic carbocycles. The van der Waals surface area contributed by atoms with Gasteiger partial charge in [-0.05, 0) is 64.5 Å². The number of likely N-dealkylation sites (tertiary alicyclic amines) is 1. The van der Waals surface area contributed by atoms with Gasteiger partial charge in [-0.25, -0.2) is 4.39 Å². The van der Waals surface area contributed by atoms with E-state index in [-0.39, 0.29) is 34.3 Å². The van der Waals surface area contributed by atoms with Crippen molar-refractivity contribution >= 4 is 50.3 Å². The topological polar surface area (TPSA) is 116 Å². The highest BCUT2D eigenvalue weighted by atomic mass is 19.1. The summed E-state index contributed by atoms with van der Waals surface area (Å²) < 4.78 is 31.2. The molecule has 54 heavy (non-hydrogen) atoms. The molecule has 2 amide bonds. The minimum atomic E-state index is -0.622. The number of carbonyl (C=O) groups is 2. The van der Waals surface area contributed by atoms with Crippen LogP contribution in [0.1, 0.15) is 42.5 Å². The first kappa shape index (κ1) is 34.8. The van der Waals surface area contributed by atoms with Crippen LogP contribution in [0.5, 0.6) is 11.5 Å². The lowest BCUT2D eigenvalue weighted by Crippen LogP contribution is -2.46. The van der Waals surface area contributed by atoms with Gasteiger partial charge in [0.05, 0.1) is 11.1 Å². The van der Waals surface area contributed by atoms with Crippen LogP contribution in [-0.4, -0.2) is 116 Å². The summed E-state index contributed by atoms with van der Waals surface area (Å²) in [5.74, 6) is -0.483. The molecule has 2 atom stereocenters. The van der Waals surface area contributed by atoms with Gasteiger partial charge in [0.15, 0.2) is 17.3 Å². The molecule has 282 valence electrons. The number of likely N-dealkylation sites (N-methyl/N-ethyl adjacent to an activating group) is 1. The largest absolute Gasteiger partial charge is 0.456 e. The third-order valence-corrected chi connectivity index (χ3v) is 11.9. The number of hydrogen-bond acceptors (Lipinski definition) is 9. The van der Waals surface area contributed by atoms with E-state index in [2.05, 4.69) is 39.4 Å². The number of piperazine rings is 1. The van der Waals surface area contributed by atoms with Gasteiger partial charge in [0, 0.05) is 93.9 Å². The Morgan fingerprint density at radius 2 is 1.78 bits per heavy atom. The van der Waals surface area contributed by atoms with Crippen LogP contribution in [0.25, 0.3) is 38.5 Å². The zero-order chi connectivity index (χ0) is 37.1. The molecule has 4 aliphatic heterocycles. The van der Waals surface area contributed by atoms with Crippen LogP contribution in [0.4, 0.5) is 10.1 Å². The van der Waals surface area contributed by atoms with Gasteiger partial charge in [0.25, 0.3) is 5.91 Å². The molecule has 12 nitrogen and oxygen atoms in total. The number of pyridine rings is 1. The number of ether oxygens (including phenoxy) is 1. The molecular weight excluding hydrogens is 689 g/mol. The molecule has 4 aliphatic rings. The first-order valence-corrected chi connectivity index (χ1v) is 19.2. The number of benzene rings is 3. The van der Waals surface area contributed by atoms with Crippen molar-refractivity contribution in [1.82, 2.24) is 29.9 Å². The Balaban J connectivity index is 1.05. The monoisotopic (exact) mass is 735 g/mol. The second kappa shape index (κ2) is 14.0. The second-order valence-corrected chi connectivity index (χ2v) is 15.4. The fourth-order valence-electron chi connectivity index (χ4n) is 8.78. The third-order valence-electron chi connectivity index (χ3n) is 11.9. The summed E-state index contributed by atoms with van der Waals surface area (Å²) in [4.78, 5) is 49.6. The average Bonchev–Trinajstić information content (AvgIpc) is 3.89. The predicted molar refractivity (Wildman–Crippen MR) is 207 cm³/mol. The summed E-state index contributed by atoms with van der Waals surface area (Å²) in [6.45, 7) is 6.93. The third kappa shape index (κ3) is 6.27. The summed E-state index contributed by atoms with van der Waals surface area (Å²) in [5, 5.41) is 7.92. The minimum absolute atomic E-state index is 0.0162. The van der Waals surface area contributed by atoms with E-state index in [1.807, 2.05) is 41.3 Å².